The van der Waals surface area contributed by atoms with Crippen LogP contribution in [0.15, 0.2) is 12.7 Å². The number of rotatable bonds is 8. The van der Waals surface area contributed by atoms with E-state index in [4.69, 9.17) is 5.11 Å². The summed E-state index contributed by atoms with van der Waals surface area (Å²) in [6.07, 6.45) is 2.78. The van der Waals surface area contributed by atoms with Crippen LogP contribution >= 0.6 is 0 Å². The van der Waals surface area contributed by atoms with Gasteiger partial charge in [0.2, 0.25) is 0 Å². The first-order valence-electron chi connectivity index (χ1n) is 4.49. The Bertz CT molecular complexity index is 254. The number of carbonyl (C=O) groups is 3. The van der Waals surface area contributed by atoms with Crippen molar-refractivity contribution in [1.82, 2.24) is 4.90 Å². The molecule has 5 heteroatoms. The fraction of sp³-hybridized carbons (Fsp3) is 0.500. The number of hydrogen-bond acceptors (Lipinski definition) is 4. The van der Waals surface area contributed by atoms with Crippen molar-refractivity contribution in [2.45, 2.75) is 18.9 Å². The van der Waals surface area contributed by atoms with Crippen molar-refractivity contribution in [1.29, 1.82) is 0 Å². The molecule has 0 aromatic rings. The van der Waals surface area contributed by atoms with Crippen molar-refractivity contribution in [2.75, 3.05) is 13.1 Å². The van der Waals surface area contributed by atoms with Gasteiger partial charge in [-0.3, -0.25) is 9.69 Å². The van der Waals surface area contributed by atoms with E-state index < -0.39 is 11.5 Å². The summed E-state index contributed by atoms with van der Waals surface area (Å²) in [6.45, 7) is 4.75. The Morgan fingerprint density at radius 1 is 1.40 bits per heavy atom. The maximum Gasteiger partial charge on any atom is 0.324 e. The molecule has 0 saturated heterocycles. The number of hydrogen-bond donors (Lipinski definition) is 1. The highest BCUT2D eigenvalue weighted by Gasteiger charge is 2.37. The summed E-state index contributed by atoms with van der Waals surface area (Å²) in [5.41, 5.74) is -1.26. The maximum absolute atomic E-state index is 11.1. The maximum atomic E-state index is 11.1. The molecular weight excluding hydrogens is 198 g/mol. The van der Waals surface area contributed by atoms with Gasteiger partial charge in [0.25, 0.3) is 0 Å². The second-order valence-corrected chi connectivity index (χ2v) is 3.31. The quantitative estimate of drug-likeness (QED) is 0.457. The fourth-order valence-corrected chi connectivity index (χ4v) is 1.29. The number of carbonyl (C=O) groups excluding carboxylic acids is 2. The average molecular weight is 213 g/mol. The van der Waals surface area contributed by atoms with Crippen LogP contribution < -0.4 is 0 Å². The van der Waals surface area contributed by atoms with Gasteiger partial charge in [0.05, 0.1) is 13.1 Å². The molecule has 1 N–H and O–H groups in total. The molecule has 0 aromatic heterocycles. The molecule has 0 saturated carbocycles. The second kappa shape index (κ2) is 6.08. The van der Waals surface area contributed by atoms with E-state index in [9.17, 15) is 14.4 Å². The average Bonchev–Trinajstić information content (AvgIpc) is 2.17. The van der Waals surface area contributed by atoms with Gasteiger partial charge in [-0.15, -0.1) is 6.58 Å². The van der Waals surface area contributed by atoms with Crippen LogP contribution in [0.1, 0.15) is 13.3 Å². The molecule has 0 heterocycles. The largest absolute Gasteiger partial charge is 0.480 e. The van der Waals surface area contributed by atoms with Crippen LogP contribution in [0, 0.1) is 0 Å². The Kier molecular flexibility index (Phi) is 5.48. The van der Waals surface area contributed by atoms with Crippen LogP contribution in [0.5, 0.6) is 0 Å². The van der Waals surface area contributed by atoms with Gasteiger partial charge >= 0.3 is 5.97 Å². The lowest BCUT2D eigenvalue weighted by Gasteiger charge is -2.34. The van der Waals surface area contributed by atoms with Crippen molar-refractivity contribution < 1.29 is 19.5 Å². The second-order valence-electron chi connectivity index (χ2n) is 3.31. The van der Waals surface area contributed by atoms with Gasteiger partial charge in [-0.2, -0.15) is 0 Å². The molecule has 5 nitrogen and oxygen atoms in total. The molecule has 0 unspecified atom stereocenters. The lowest BCUT2D eigenvalue weighted by atomic mass is 9.95. The molecule has 0 aliphatic carbocycles. The first-order chi connectivity index (χ1) is 7.02. The normalized spacial score (nSPS) is 14.3. The minimum absolute atomic E-state index is 0.0879. The Balaban J connectivity index is 4.95. The molecule has 0 rings (SSSR count). The summed E-state index contributed by atoms with van der Waals surface area (Å²) in [5.74, 6) is -1.08. The number of aliphatic carboxylic acids is 1. The van der Waals surface area contributed by atoms with E-state index in [1.54, 1.807) is 0 Å². The number of carboxylic acid groups (broad SMARTS) is 1. The highest BCUT2D eigenvalue weighted by Crippen LogP contribution is 2.19. The topological polar surface area (TPSA) is 74.7 Å². The van der Waals surface area contributed by atoms with Gasteiger partial charge < -0.3 is 14.7 Å². The van der Waals surface area contributed by atoms with Crippen LogP contribution in [0.25, 0.3) is 0 Å². The number of nitrogens with zero attached hydrogens (tertiary/aromatic N) is 1. The summed E-state index contributed by atoms with van der Waals surface area (Å²) in [5, 5.41) is 9.07. The molecule has 15 heavy (non-hydrogen) atoms. The van der Waals surface area contributed by atoms with Crippen molar-refractivity contribution in [3.05, 3.63) is 12.7 Å². The predicted molar refractivity (Wildman–Crippen MR) is 54.6 cm³/mol. The van der Waals surface area contributed by atoms with Crippen molar-refractivity contribution in [3.8, 4) is 0 Å². The van der Waals surface area contributed by atoms with E-state index in [-0.39, 0.29) is 19.5 Å². The van der Waals surface area contributed by atoms with E-state index in [0.29, 0.717) is 12.6 Å². The van der Waals surface area contributed by atoms with Gasteiger partial charge in [-0.25, -0.2) is 0 Å². The van der Waals surface area contributed by atoms with Crippen molar-refractivity contribution in [2.24, 2.45) is 0 Å². The van der Waals surface area contributed by atoms with Crippen LogP contribution in [-0.2, 0) is 14.4 Å². The first kappa shape index (κ1) is 13.5. The molecular formula is C10H15NO4. The smallest absolute Gasteiger partial charge is 0.324 e. The SMILES string of the molecule is C=CC[C@](C)(C(=O)O)N(CC=O)CC=O. The molecule has 0 aromatic carbocycles. The molecule has 0 radical (unpaired) electrons. The number of aldehydes is 2. The Hall–Kier alpha value is -1.49. The Labute approximate surface area is 88.4 Å². The Morgan fingerprint density at radius 3 is 2.13 bits per heavy atom. The molecule has 0 spiro atoms. The minimum Gasteiger partial charge on any atom is -0.480 e. The summed E-state index contributed by atoms with van der Waals surface area (Å²) in [4.78, 5) is 33.2. The van der Waals surface area contributed by atoms with Crippen LogP contribution in [0.2, 0.25) is 0 Å². The van der Waals surface area contributed by atoms with Gasteiger partial charge in [0, 0.05) is 0 Å². The summed E-state index contributed by atoms with van der Waals surface area (Å²) >= 11 is 0. The van der Waals surface area contributed by atoms with E-state index in [2.05, 4.69) is 6.58 Å². The molecule has 0 aliphatic heterocycles. The third kappa shape index (κ3) is 3.28. The Morgan fingerprint density at radius 2 is 1.87 bits per heavy atom. The highest BCUT2D eigenvalue weighted by atomic mass is 16.4. The van der Waals surface area contributed by atoms with E-state index in [1.807, 2.05) is 0 Å². The molecule has 0 amide bonds. The molecule has 0 bridgehead atoms. The van der Waals surface area contributed by atoms with Gasteiger partial charge in [0.15, 0.2) is 0 Å². The fourth-order valence-electron chi connectivity index (χ4n) is 1.29. The van der Waals surface area contributed by atoms with Crippen LogP contribution in [0.3, 0.4) is 0 Å². The molecule has 1 atom stereocenters. The zero-order valence-corrected chi connectivity index (χ0v) is 8.68. The number of carboxylic acids is 1. The summed E-state index contributed by atoms with van der Waals surface area (Å²) in [7, 11) is 0. The highest BCUT2D eigenvalue weighted by molar-refractivity contribution is 5.79. The van der Waals surface area contributed by atoms with Gasteiger partial charge in [0.1, 0.15) is 18.1 Å². The third-order valence-corrected chi connectivity index (χ3v) is 2.29. The van der Waals surface area contributed by atoms with Gasteiger partial charge in [-0.1, -0.05) is 6.08 Å². The summed E-state index contributed by atoms with van der Waals surface area (Å²) in [6, 6.07) is 0. The third-order valence-electron chi connectivity index (χ3n) is 2.29. The standard InChI is InChI=1S/C10H15NO4/c1-3-4-10(2,9(14)15)11(5-7-12)6-8-13/h3,7-8H,1,4-6H2,2H3,(H,14,15)/t10-/m1/s1. The first-order valence-corrected chi connectivity index (χ1v) is 4.49. The lowest BCUT2D eigenvalue weighted by molar-refractivity contribution is -0.150. The zero-order valence-electron chi connectivity index (χ0n) is 8.68. The minimum atomic E-state index is -1.26. The predicted octanol–water partition coefficient (Wildman–Crippen LogP) is 0.106. The summed E-state index contributed by atoms with van der Waals surface area (Å²) < 4.78 is 0. The molecule has 0 aliphatic rings. The van der Waals surface area contributed by atoms with Crippen molar-refractivity contribution in [3.63, 3.8) is 0 Å². The lowest BCUT2D eigenvalue weighted by Crippen LogP contribution is -2.53. The molecule has 0 fully saturated rings. The molecule has 84 valence electrons. The van der Waals surface area contributed by atoms with Crippen LogP contribution in [0.4, 0.5) is 0 Å². The monoisotopic (exact) mass is 213 g/mol. The van der Waals surface area contributed by atoms with E-state index >= 15 is 0 Å². The zero-order chi connectivity index (χ0) is 11.9. The van der Waals surface area contributed by atoms with Crippen LogP contribution in [-0.4, -0.2) is 47.2 Å². The van der Waals surface area contributed by atoms with Crippen molar-refractivity contribution >= 4 is 18.5 Å². The van der Waals surface area contributed by atoms with E-state index in [0.717, 1.165) is 0 Å². The van der Waals surface area contributed by atoms with E-state index in [1.165, 1.54) is 17.9 Å². The van der Waals surface area contributed by atoms with Gasteiger partial charge in [-0.05, 0) is 13.3 Å².